The molecule has 0 saturated carbocycles. The van der Waals surface area contributed by atoms with Crippen molar-refractivity contribution < 1.29 is 42.1 Å². The highest BCUT2D eigenvalue weighted by molar-refractivity contribution is 7.47. The van der Waals surface area contributed by atoms with Gasteiger partial charge < -0.3 is 18.9 Å². The van der Waals surface area contributed by atoms with Crippen LogP contribution < -0.4 is 0 Å². The van der Waals surface area contributed by atoms with Crippen molar-refractivity contribution in [2.24, 2.45) is 0 Å². The predicted octanol–water partition coefficient (Wildman–Crippen LogP) is 17.1. The molecule has 2 atom stereocenters. The van der Waals surface area contributed by atoms with Crippen molar-refractivity contribution in [2.75, 3.05) is 47.5 Å². The van der Waals surface area contributed by atoms with E-state index in [4.69, 9.17) is 18.5 Å². The van der Waals surface area contributed by atoms with Crippen molar-refractivity contribution in [2.45, 2.75) is 251 Å². The van der Waals surface area contributed by atoms with Gasteiger partial charge in [0, 0.05) is 12.8 Å². The van der Waals surface area contributed by atoms with Crippen LogP contribution in [0.4, 0.5) is 0 Å². The Hall–Kier alpha value is -2.29. The third-order valence-electron chi connectivity index (χ3n) is 12.1. The molecular formula is C58H107NO8P+. The highest BCUT2D eigenvalue weighted by atomic mass is 31.2. The van der Waals surface area contributed by atoms with Crippen LogP contribution in [0.15, 0.2) is 60.8 Å². The quantitative estimate of drug-likeness (QED) is 0.0211. The van der Waals surface area contributed by atoms with Crippen molar-refractivity contribution >= 4 is 19.8 Å². The van der Waals surface area contributed by atoms with Gasteiger partial charge in [0.25, 0.3) is 0 Å². The fourth-order valence-electron chi connectivity index (χ4n) is 7.75. The standard InChI is InChI=1S/C58H106NO8P/c1-6-8-10-12-14-16-18-20-22-24-26-28-29-31-32-34-36-38-40-42-44-46-48-50-57(60)64-54-56(55-66-68(62,63)65-53-52-59(3,4)5)67-58(61)51-49-47-45-43-41-39-37-35-33-30-27-25-23-21-19-17-15-13-11-9-7-2/h9,11,15,17,21,23,27,30,35,37,56H,6-8,10,12-14,16,18-20,22,24-26,28-29,31-34,36,38-55H2,1-5H3/p+1/b11-9-,17-15-,23-21-,30-27-,37-35-. The second kappa shape index (κ2) is 49.7. The zero-order valence-electron chi connectivity index (χ0n) is 44.8. The van der Waals surface area contributed by atoms with Gasteiger partial charge in [-0.1, -0.05) is 235 Å². The Morgan fingerprint density at radius 2 is 0.838 bits per heavy atom. The summed E-state index contributed by atoms with van der Waals surface area (Å²) in [6.45, 7) is 4.32. The van der Waals surface area contributed by atoms with Crippen molar-refractivity contribution in [1.29, 1.82) is 0 Å². The van der Waals surface area contributed by atoms with E-state index < -0.39 is 26.5 Å². The van der Waals surface area contributed by atoms with E-state index >= 15 is 0 Å². The Bertz CT molecular complexity index is 1340. The summed E-state index contributed by atoms with van der Waals surface area (Å²) >= 11 is 0. The molecule has 0 rings (SSSR count). The van der Waals surface area contributed by atoms with Gasteiger partial charge in [-0.2, -0.15) is 0 Å². The molecule has 0 spiro atoms. The number of esters is 2. The molecule has 0 aliphatic rings. The minimum absolute atomic E-state index is 0.0264. The van der Waals surface area contributed by atoms with Crippen molar-refractivity contribution in [3.05, 3.63) is 60.8 Å². The fraction of sp³-hybridized carbons (Fsp3) is 0.793. The molecule has 0 fully saturated rings. The first kappa shape index (κ1) is 65.7. The number of allylic oxidation sites excluding steroid dienone is 10. The average molecular weight is 977 g/mol. The van der Waals surface area contributed by atoms with Crippen LogP contribution in [0.3, 0.4) is 0 Å². The molecule has 396 valence electrons. The largest absolute Gasteiger partial charge is 0.472 e. The van der Waals surface area contributed by atoms with Gasteiger partial charge in [0.1, 0.15) is 19.8 Å². The Morgan fingerprint density at radius 3 is 1.25 bits per heavy atom. The molecule has 0 bridgehead atoms. The summed E-state index contributed by atoms with van der Waals surface area (Å²) in [5.74, 6) is -0.813. The van der Waals surface area contributed by atoms with E-state index in [0.29, 0.717) is 17.4 Å². The van der Waals surface area contributed by atoms with Crippen LogP contribution >= 0.6 is 7.82 Å². The lowest BCUT2D eigenvalue weighted by Gasteiger charge is -2.24. The van der Waals surface area contributed by atoms with Crippen LogP contribution in [0.2, 0.25) is 0 Å². The Kier molecular flexibility index (Phi) is 48.0. The molecular weight excluding hydrogens is 870 g/mol. The molecule has 68 heavy (non-hydrogen) atoms. The summed E-state index contributed by atoms with van der Waals surface area (Å²) in [6.07, 6.45) is 62.8. The fourth-order valence-corrected chi connectivity index (χ4v) is 8.49. The number of phosphoric ester groups is 1. The highest BCUT2D eigenvalue weighted by Gasteiger charge is 2.27. The lowest BCUT2D eigenvalue weighted by molar-refractivity contribution is -0.870. The zero-order valence-corrected chi connectivity index (χ0v) is 45.7. The van der Waals surface area contributed by atoms with Crippen LogP contribution in [0.5, 0.6) is 0 Å². The third-order valence-corrected chi connectivity index (χ3v) is 13.0. The van der Waals surface area contributed by atoms with Crippen LogP contribution in [0.25, 0.3) is 0 Å². The Balaban J connectivity index is 4.21. The molecule has 0 heterocycles. The van der Waals surface area contributed by atoms with Crippen molar-refractivity contribution in [3.63, 3.8) is 0 Å². The van der Waals surface area contributed by atoms with Crippen LogP contribution in [0, 0.1) is 0 Å². The summed E-state index contributed by atoms with van der Waals surface area (Å²) < 4.78 is 34.5. The number of hydrogen-bond acceptors (Lipinski definition) is 7. The lowest BCUT2D eigenvalue weighted by Crippen LogP contribution is -2.37. The maximum Gasteiger partial charge on any atom is 0.472 e. The number of rotatable bonds is 51. The molecule has 2 unspecified atom stereocenters. The number of carbonyl (C=O) groups excluding carboxylic acids is 2. The minimum Gasteiger partial charge on any atom is -0.462 e. The normalized spacial score (nSPS) is 13.8. The van der Waals surface area contributed by atoms with Crippen LogP contribution in [-0.2, 0) is 32.7 Å². The van der Waals surface area contributed by atoms with E-state index in [1.54, 1.807) is 0 Å². The van der Waals surface area contributed by atoms with Gasteiger partial charge >= 0.3 is 19.8 Å². The molecule has 9 nitrogen and oxygen atoms in total. The third kappa shape index (κ3) is 53.1. The Morgan fingerprint density at radius 1 is 0.471 bits per heavy atom. The number of phosphoric acid groups is 1. The van der Waals surface area contributed by atoms with E-state index in [-0.39, 0.29) is 32.0 Å². The molecule has 0 aliphatic carbocycles. The van der Waals surface area contributed by atoms with Gasteiger partial charge in [-0.05, 0) is 57.8 Å². The summed E-state index contributed by atoms with van der Waals surface area (Å²) in [5.41, 5.74) is 0. The number of carbonyl (C=O) groups is 2. The van der Waals surface area contributed by atoms with E-state index in [2.05, 4.69) is 74.6 Å². The zero-order chi connectivity index (χ0) is 49.9. The molecule has 0 radical (unpaired) electrons. The van der Waals surface area contributed by atoms with E-state index in [0.717, 1.165) is 83.5 Å². The second-order valence-electron chi connectivity index (χ2n) is 19.9. The summed E-state index contributed by atoms with van der Waals surface area (Å²) in [5, 5.41) is 0. The van der Waals surface area contributed by atoms with Gasteiger partial charge in [-0.3, -0.25) is 18.6 Å². The summed E-state index contributed by atoms with van der Waals surface area (Å²) in [4.78, 5) is 35.6. The predicted molar refractivity (Wildman–Crippen MR) is 289 cm³/mol. The van der Waals surface area contributed by atoms with Gasteiger partial charge in [0.2, 0.25) is 0 Å². The number of quaternary nitrogens is 1. The highest BCUT2D eigenvalue weighted by Crippen LogP contribution is 2.43. The van der Waals surface area contributed by atoms with Gasteiger partial charge in [-0.25, -0.2) is 4.57 Å². The first-order valence-corrected chi connectivity index (χ1v) is 29.5. The number of likely N-dealkylation sites (N-methyl/N-ethyl adjacent to an activating group) is 1. The smallest absolute Gasteiger partial charge is 0.462 e. The first-order chi connectivity index (χ1) is 33.0. The molecule has 1 N–H and O–H groups in total. The molecule has 0 aromatic carbocycles. The van der Waals surface area contributed by atoms with Gasteiger partial charge in [-0.15, -0.1) is 0 Å². The first-order valence-electron chi connectivity index (χ1n) is 28.0. The van der Waals surface area contributed by atoms with Crippen molar-refractivity contribution in [1.82, 2.24) is 0 Å². The Labute approximate surface area is 419 Å². The molecule has 0 amide bonds. The molecule has 0 aromatic heterocycles. The number of hydrogen-bond donors (Lipinski definition) is 1. The maximum atomic E-state index is 12.8. The topological polar surface area (TPSA) is 108 Å². The van der Waals surface area contributed by atoms with E-state index in [1.165, 1.54) is 128 Å². The molecule has 0 aromatic rings. The van der Waals surface area contributed by atoms with E-state index in [1.807, 2.05) is 21.1 Å². The van der Waals surface area contributed by atoms with Gasteiger partial charge in [0.15, 0.2) is 6.10 Å². The van der Waals surface area contributed by atoms with Gasteiger partial charge in [0.05, 0.1) is 27.7 Å². The molecule has 0 saturated heterocycles. The second-order valence-corrected chi connectivity index (χ2v) is 21.4. The number of nitrogens with zero attached hydrogens (tertiary/aromatic N) is 1. The maximum absolute atomic E-state index is 12.8. The lowest BCUT2D eigenvalue weighted by atomic mass is 10.0. The average Bonchev–Trinajstić information content (AvgIpc) is 3.30. The summed E-state index contributed by atoms with van der Waals surface area (Å²) in [7, 11) is 1.46. The van der Waals surface area contributed by atoms with E-state index in [9.17, 15) is 19.0 Å². The molecule has 0 aliphatic heterocycles. The van der Waals surface area contributed by atoms with Crippen LogP contribution in [0.1, 0.15) is 245 Å². The summed E-state index contributed by atoms with van der Waals surface area (Å²) in [6, 6.07) is 0. The molecule has 10 heteroatoms. The minimum atomic E-state index is -4.39. The van der Waals surface area contributed by atoms with Crippen molar-refractivity contribution in [3.8, 4) is 0 Å². The number of ether oxygens (including phenoxy) is 2. The number of unbranched alkanes of at least 4 members (excludes halogenated alkanes) is 27. The monoisotopic (exact) mass is 977 g/mol. The SMILES string of the molecule is CC/C=C\C/C=C\C/C=C\C/C=C\C/C=C\CCCCCCCC(=O)OC(COC(=O)CCCCCCCCCCCCCCCCCCCCCCCCC)COP(=O)(O)OCC[N+](C)(C)C. The van der Waals surface area contributed by atoms with Crippen LogP contribution in [-0.4, -0.2) is 74.9 Å².